The van der Waals surface area contributed by atoms with Crippen LogP contribution in [0.25, 0.3) is 6.08 Å². The largest absolute Gasteiger partial charge is 0.336 e. The number of carbonyl (C=O) groups is 1. The maximum absolute atomic E-state index is 13.0. The number of sulfonamides is 1. The Bertz CT molecular complexity index is 809. The van der Waals surface area contributed by atoms with E-state index >= 15 is 0 Å². The van der Waals surface area contributed by atoms with E-state index in [1.807, 2.05) is 30.3 Å². The molecule has 1 saturated carbocycles. The lowest BCUT2D eigenvalue weighted by Crippen LogP contribution is -2.54. The minimum Gasteiger partial charge on any atom is -0.336 e. The predicted octanol–water partition coefficient (Wildman–Crippen LogP) is 3.17. The highest BCUT2D eigenvalue weighted by Gasteiger charge is 2.31. The maximum atomic E-state index is 13.0. The Balaban J connectivity index is 1.53. The number of hydrogen-bond donors (Lipinski definition) is 0. The summed E-state index contributed by atoms with van der Waals surface area (Å²) in [4.78, 5) is 17.2. The second-order valence-electron chi connectivity index (χ2n) is 8.62. The van der Waals surface area contributed by atoms with E-state index < -0.39 is 10.0 Å². The first kappa shape index (κ1) is 23.0. The zero-order valence-electron chi connectivity index (χ0n) is 18.2. The maximum Gasteiger partial charge on any atom is 0.237 e. The summed E-state index contributed by atoms with van der Waals surface area (Å²) in [5, 5.41) is 1.28. The van der Waals surface area contributed by atoms with Gasteiger partial charge in [0.2, 0.25) is 15.9 Å². The first-order chi connectivity index (χ1) is 14.4. The minimum absolute atomic E-state index is 0.178. The van der Waals surface area contributed by atoms with Crippen molar-refractivity contribution < 1.29 is 13.2 Å². The molecule has 0 spiro atoms. The molecule has 166 valence electrons. The van der Waals surface area contributed by atoms with E-state index in [0.717, 1.165) is 18.4 Å². The van der Waals surface area contributed by atoms with Crippen molar-refractivity contribution in [2.45, 2.75) is 58.0 Å². The highest BCUT2D eigenvalue weighted by molar-refractivity contribution is 7.92. The summed E-state index contributed by atoms with van der Waals surface area (Å²) in [7, 11) is -3.45. The third-order valence-corrected chi connectivity index (χ3v) is 7.66. The molecule has 0 atom stereocenters. The summed E-state index contributed by atoms with van der Waals surface area (Å²) in [5.74, 6) is 0.178. The lowest BCUT2D eigenvalue weighted by molar-refractivity contribution is -0.137. The van der Waals surface area contributed by atoms with E-state index in [-0.39, 0.29) is 11.9 Å². The van der Waals surface area contributed by atoms with E-state index in [2.05, 4.69) is 23.6 Å². The summed E-state index contributed by atoms with van der Waals surface area (Å²) < 4.78 is 26.8. The number of carbonyl (C=O) groups excluding carboxylic acids is 1. The minimum atomic E-state index is -3.45. The lowest BCUT2D eigenvalue weighted by Gasteiger charge is -2.39. The average molecular weight is 434 g/mol. The van der Waals surface area contributed by atoms with Gasteiger partial charge in [0.1, 0.15) is 0 Å². The molecular formula is C23H35N3O3S. The molecule has 1 saturated heterocycles. The van der Waals surface area contributed by atoms with Crippen LogP contribution in [-0.4, -0.2) is 73.2 Å². The molecule has 1 heterocycles. The molecule has 0 aromatic heterocycles. The van der Waals surface area contributed by atoms with Gasteiger partial charge in [0, 0.05) is 43.7 Å². The number of hydrogen-bond acceptors (Lipinski definition) is 4. The Morgan fingerprint density at radius 3 is 2.30 bits per heavy atom. The SMILES string of the molecule is CC(C)N(C(=O)CN1CCN(S(=O)(=O)/C=C\c2ccccc2)CC1)C1CCCCC1. The van der Waals surface area contributed by atoms with Crippen molar-refractivity contribution in [3.63, 3.8) is 0 Å². The highest BCUT2D eigenvalue weighted by atomic mass is 32.2. The fourth-order valence-electron chi connectivity index (χ4n) is 4.50. The number of nitrogens with zero attached hydrogens (tertiary/aromatic N) is 3. The van der Waals surface area contributed by atoms with Crippen molar-refractivity contribution in [1.82, 2.24) is 14.1 Å². The second-order valence-corrected chi connectivity index (χ2v) is 10.4. The Kier molecular flexibility index (Phi) is 8.08. The van der Waals surface area contributed by atoms with E-state index in [4.69, 9.17) is 0 Å². The van der Waals surface area contributed by atoms with E-state index in [1.165, 1.54) is 29.0 Å². The molecule has 1 aliphatic heterocycles. The summed E-state index contributed by atoms with van der Waals surface area (Å²) in [6.45, 7) is 6.57. The fraction of sp³-hybridized carbons (Fsp3) is 0.609. The van der Waals surface area contributed by atoms with Gasteiger partial charge in [0.25, 0.3) is 0 Å². The molecule has 30 heavy (non-hydrogen) atoms. The van der Waals surface area contributed by atoms with Crippen molar-refractivity contribution in [2.75, 3.05) is 32.7 Å². The van der Waals surface area contributed by atoms with Gasteiger partial charge in [-0.3, -0.25) is 9.69 Å². The lowest BCUT2D eigenvalue weighted by atomic mass is 9.93. The molecule has 1 aromatic rings. The van der Waals surface area contributed by atoms with Crippen LogP contribution in [0.15, 0.2) is 35.7 Å². The summed E-state index contributed by atoms with van der Waals surface area (Å²) >= 11 is 0. The van der Waals surface area contributed by atoms with Crippen molar-refractivity contribution in [3.8, 4) is 0 Å². The van der Waals surface area contributed by atoms with Crippen LogP contribution in [0.5, 0.6) is 0 Å². The van der Waals surface area contributed by atoms with Gasteiger partial charge in [0.15, 0.2) is 0 Å². The third-order valence-electron chi connectivity index (χ3n) is 6.09. The molecule has 0 unspecified atom stereocenters. The van der Waals surface area contributed by atoms with Gasteiger partial charge in [0.05, 0.1) is 6.54 Å². The van der Waals surface area contributed by atoms with Gasteiger partial charge in [-0.05, 0) is 38.3 Å². The van der Waals surface area contributed by atoms with E-state index in [0.29, 0.717) is 38.8 Å². The van der Waals surface area contributed by atoms with Crippen LogP contribution in [-0.2, 0) is 14.8 Å². The summed E-state index contributed by atoms with van der Waals surface area (Å²) in [6, 6.07) is 9.98. The van der Waals surface area contributed by atoms with Crippen molar-refractivity contribution in [3.05, 3.63) is 41.3 Å². The normalized spacial score (nSPS) is 20.1. The number of amides is 1. The van der Waals surface area contributed by atoms with Crippen molar-refractivity contribution in [2.24, 2.45) is 0 Å². The molecule has 3 rings (SSSR count). The number of piperazine rings is 1. The molecule has 6 nitrogen and oxygen atoms in total. The van der Waals surface area contributed by atoms with Gasteiger partial charge in [-0.2, -0.15) is 4.31 Å². The molecule has 7 heteroatoms. The fourth-order valence-corrected chi connectivity index (χ4v) is 5.68. The number of benzene rings is 1. The summed E-state index contributed by atoms with van der Waals surface area (Å²) in [5.41, 5.74) is 0.863. The predicted molar refractivity (Wildman–Crippen MR) is 121 cm³/mol. The zero-order valence-corrected chi connectivity index (χ0v) is 19.1. The van der Waals surface area contributed by atoms with Crippen LogP contribution >= 0.6 is 0 Å². The Labute approximate surface area is 181 Å². The van der Waals surface area contributed by atoms with Crippen molar-refractivity contribution in [1.29, 1.82) is 0 Å². The van der Waals surface area contributed by atoms with Gasteiger partial charge in [-0.1, -0.05) is 49.6 Å². The van der Waals surface area contributed by atoms with Gasteiger partial charge < -0.3 is 4.90 Å². The third kappa shape index (κ3) is 6.15. The van der Waals surface area contributed by atoms with E-state index in [9.17, 15) is 13.2 Å². The van der Waals surface area contributed by atoms with Gasteiger partial charge in [-0.15, -0.1) is 0 Å². The summed E-state index contributed by atoms with van der Waals surface area (Å²) in [6.07, 6.45) is 7.51. The van der Waals surface area contributed by atoms with Gasteiger partial charge in [-0.25, -0.2) is 8.42 Å². The molecule has 1 aromatic carbocycles. The number of rotatable bonds is 7. The quantitative estimate of drug-likeness (QED) is 0.663. The van der Waals surface area contributed by atoms with Crippen LogP contribution in [0.2, 0.25) is 0 Å². The monoisotopic (exact) mass is 433 g/mol. The zero-order chi connectivity index (χ0) is 21.6. The molecule has 0 N–H and O–H groups in total. The molecule has 0 bridgehead atoms. The molecule has 2 aliphatic rings. The highest BCUT2D eigenvalue weighted by Crippen LogP contribution is 2.24. The molecular weight excluding hydrogens is 398 g/mol. The topological polar surface area (TPSA) is 60.9 Å². The standard InChI is InChI=1S/C23H35N3O3S/c1-20(2)26(22-11-7-4-8-12-22)23(27)19-24-14-16-25(17-15-24)30(28,29)18-13-21-9-5-3-6-10-21/h3,5-6,9-10,13,18,20,22H,4,7-8,11-12,14-17,19H2,1-2H3/b18-13-. The molecule has 1 aliphatic carbocycles. The Morgan fingerprint density at radius 1 is 1.07 bits per heavy atom. The van der Waals surface area contributed by atoms with Gasteiger partial charge >= 0.3 is 0 Å². The van der Waals surface area contributed by atoms with Crippen LogP contribution < -0.4 is 0 Å². The molecule has 1 amide bonds. The second kappa shape index (κ2) is 10.6. The van der Waals surface area contributed by atoms with Crippen LogP contribution in [0.3, 0.4) is 0 Å². The Morgan fingerprint density at radius 2 is 1.70 bits per heavy atom. The first-order valence-electron chi connectivity index (χ1n) is 11.1. The molecule has 2 fully saturated rings. The molecule has 0 radical (unpaired) electrons. The van der Waals surface area contributed by atoms with Crippen LogP contribution in [0.1, 0.15) is 51.5 Å². The van der Waals surface area contributed by atoms with Crippen LogP contribution in [0.4, 0.5) is 0 Å². The average Bonchev–Trinajstić information content (AvgIpc) is 2.74. The van der Waals surface area contributed by atoms with E-state index in [1.54, 1.807) is 6.08 Å². The Hall–Kier alpha value is -1.70. The van der Waals surface area contributed by atoms with Crippen molar-refractivity contribution >= 4 is 22.0 Å². The first-order valence-corrected chi connectivity index (χ1v) is 12.6. The van der Waals surface area contributed by atoms with Crippen LogP contribution in [0, 0.1) is 0 Å². The smallest absolute Gasteiger partial charge is 0.237 e.